The molecule has 3 rings (SSSR count). The quantitative estimate of drug-likeness (QED) is 0.635. The second-order valence-electron chi connectivity index (χ2n) is 3.91. The summed E-state index contributed by atoms with van der Waals surface area (Å²) in [6, 6.07) is 3.55. The summed E-state index contributed by atoms with van der Waals surface area (Å²) in [5, 5.41) is 8.96. The Bertz CT molecular complexity index is 747. The first-order valence-corrected chi connectivity index (χ1v) is 7.14. The highest BCUT2D eigenvalue weighted by Crippen LogP contribution is 2.30. The van der Waals surface area contributed by atoms with Gasteiger partial charge >= 0.3 is 0 Å². The summed E-state index contributed by atoms with van der Waals surface area (Å²) < 4.78 is 0. The largest absolute Gasteiger partial charge is 0.393 e. The van der Waals surface area contributed by atoms with Crippen LogP contribution in [0.2, 0.25) is 5.15 Å². The van der Waals surface area contributed by atoms with Crippen LogP contribution in [0.4, 0.5) is 28.1 Å². The molecule has 0 aliphatic rings. The van der Waals surface area contributed by atoms with Gasteiger partial charge in [0.2, 0.25) is 0 Å². The molecule has 21 heavy (non-hydrogen) atoms. The smallest absolute Gasteiger partial charge is 0.188 e. The zero-order valence-corrected chi connectivity index (χ0v) is 12.2. The zero-order chi connectivity index (χ0) is 14.7. The Balaban J connectivity index is 1.88. The molecule has 0 aliphatic heterocycles. The molecule has 0 fully saturated rings. The van der Waals surface area contributed by atoms with E-state index in [0.717, 1.165) is 0 Å². The molecule has 0 bridgehead atoms. The molecule has 0 aromatic carbocycles. The number of nitrogen functional groups attached to an aromatic ring is 1. The van der Waals surface area contributed by atoms with Crippen LogP contribution in [0.15, 0.2) is 36.2 Å². The minimum absolute atomic E-state index is 0.338. The van der Waals surface area contributed by atoms with Gasteiger partial charge < -0.3 is 16.4 Å². The van der Waals surface area contributed by atoms with Gasteiger partial charge in [-0.05, 0) is 12.1 Å². The highest BCUT2D eigenvalue weighted by molar-refractivity contribution is 7.13. The van der Waals surface area contributed by atoms with Crippen molar-refractivity contribution in [3.63, 3.8) is 0 Å². The maximum atomic E-state index is 6.06. The lowest BCUT2D eigenvalue weighted by Crippen LogP contribution is -2.05. The minimum atomic E-state index is 0.338. The van der Waals surface area contributed by atoms with Gasteiger partial charge in [-0.25, -0.2) is 19.9 Å². The van der Waals surface area contributed by atoms with E-state index in [1.165, 1.54) is 17.7 Å². The van der Waals surface area contributed by atoms with Crippen molar-refractivity contribution in [3.05, 3.63) is 41.4 Å². The third kappa shape index (κ3) is 3.01. The van der Waals surface area contributed by atoms with Crippen LogP contribution >= 0.6 is 22.9 Å². The summed E-state index contributed by atoms with van der Waals surface area (Å²) >= 11 is 7.45. The summed E-state index contributed by atoms with van der Waals surface area (Å²) in [4.78, 5) is 16.3. The fourth-order valence-corrected chi connectivity index (χ4v) is 2.28. The van der Waals surface area contributed by atoms with Crippen molar-refractivity contribution in [2.45, 2.75) is 0 Å². The molecule has 9 heteroatoms. The molecule has 0 aliphatic carbocycles. The van der Waals surface area contributed by atoms with Gasteiger partial charge in [0.1, 0.15) is 12.0 Å². The number of aromatic nitrogens is 4. The van der Waals surface area contributed by atoms with Crippen LogP contribution < -0.4 is 16.4 Å². The lowest BCUT2D eigenvalue weighted by molar-refractivity contribution is 1.16. The number of pyridine rings is 1. The lowest BCUT2D eigenvalue weighted by Gasteiger charge is -2.11. The van der Waals surface area contributed by atoms with E-state index in [0.29, 0.717) is 33.3 Å². The Morgan fingerprint density at radius 3 is 2.57 bits per heavy atom. The SMILES string of the molecule is Nc1c(Nc2nccs2)ncnc1Nc1cccnc1Cl. The van der Waals surface area contributed by atoms with E-state index in [2.05, 4.69) is 30.6 Å². The number of hydrogen-bond acceptors (Lipinski definition) is 8. The van der Waals surface area contributed by atoms with Gasteiger partial charge in [0.15, 0.2) is 21.9 Å². The van der Waals surface area contributed by atoms with Crippen molar-refractivity contribution in [1.82, 2.24) is 19.9 Å². The number of nitrogens with two attached hydrogens (primary N) is 1. The molecule has 0 amide bonds. The standard InChI is InChI=1S/C12H10ClN7S/c13-9-7(2-1-3-15-9)19-10-8(14)11(18-6-17-10)20-12-16-4-5-21-12/h1-6H,14H2,(H2,16,17,18,19,20). The van der Waals surface area contributed by atoms with E-state index in [1.54, 1.807) is 24.5 Å². The summed E-state index contributed by atoms with van der Waals surface area (Å²) in [7, 11) is 0. The van der Waals surface area contributed by atoms with Crippen molar-refractivity contribution in [2.75, 3.05) is 16.4 Å². The van der Waals surface area contributed by atoms with Crippen LogP contribution in [-0.4, -0.2) is 19.9 Å². The topological polar surface area (TPSA) is 102 Å². The molecular weight excluding hydrogens is 310 g/mol. The van der Waals surface area contributed by atoms with Gasteiger partial charge in [-0.15, -0.1) is 11.3 Å². The Labute approximate surface area is 129 Å². The Hall–Kier alpha value is -2.45. The molecule has 0 saturated heterocycles. The number of nitrogens with zero attached hydrogens (tertiary/aromatic N) is 4. The average molecular weight is 320 g/mol. The Kier molecular flexibility index (Phi) is 3.80. The highest BCUT2D eigenvalue weighted by Gasteiger charge is 2.11. The minimum Gasteiger partial charge on any atom is -0.393 e. The van der Waals surface area contributed by atoms with Gasteiger partial charge in [0.25, 0.3) is 0 Å². The third-order valence-electron chi connectivity index (χ3n) is 2.55. The number of halogens is 1. The molecule has 3 aromatic heterocycles. The average Bonchev–Trinajstić information content (AvgIpc) is 2.98. The fraction of sp³-hybridized carbons (Fsp3) is 0. The zero-order valence-electron chi connectivity index (χ0n) is 10.6. The third-order valence-corrected chi connectivity index (χ3v) is 3.54. The van der Waals surface area contributed by atoms with Crippen molar-refractivity contribution < 1.29 is 0 Å². The van der Waals surface area contributed by atoms with Gasteiger partial charge in [-0.2, -0.15) is 0 Å². The molecule has 106 valence electrons. The van der Waals surface area contributed by atoms with Gasteiger partial charge in [-0.3, -0.25) is 0 Å². The van der Waals surface area contributed by atoms with Gasteiger partial charge in [-0.1, -0.05) is 11.6 Å². The van der Waals surface area contributed by atoms with E-state index in [1.807, 2.05) is 5.38 Å². The first-order chi connectivity index (χ1) is 10.2. The van der Waals surface area contributed by atoms with Crippen LogP contribution in [0.1, 0.15) is 0 Å². The van der Waals surface area contributed by atoms with Crippen molar-refractivity contribution >= 4 is 51.1 Å². The number of nitrogens with one attached hydrogen (secondary N) is 2. The number of anilines is 5. The molecule has 0 atom stereocenters. The Morgan fingerprint density at radius 1 is 1.05 bits per heavy atom. The van der Waals surface area contributed by atoms with E-state index in [9.17, 15) is 0 Å². The lowest BCUT2D eigenvalue weighted by atomic mass is 10.4. The van der Waals surface area contributed by atoms with E-state index in [4.69, 9.17) is 17.3 Å². The maximum absolute atomic E-state index is 6.06. The van der Waals surface area contributed by atoms with Crippen LogP contribution in [-0.2, 0) is 0 Å². The predicted octanol–water partition coefficient (Wildman–Crippen LogP) is 3.05. The molecule has 0 spiro atoms. The first-order valence-electron chi connectivity index (χ1n) is 5.88. The monoisotopic (exact) mass is 319 g/mol. The molecule has 0 radical (unpaired) electrons. The van der Waals surface area contributed by atoms with Gasteiger partial charge in [0, 0.05) is 17.8 Å². The maximum Gasteiger partial charge on any atom is 0.188 e. The Morgan fingerprint density at radius 2 is 1.86 bits per heavy atom. The summed E-state index contributed by atoms with van der Waals surface area (Å²) in [6.07, 6.45) is 4.70. The van der Waals surface area contributed by atoms with Crippen LogP contribution in [0.5, 0.6) is 0 Å². The normalized spacial score (nSPS) is 10.3. The summed E-state index contributed by atoms with van der Waals surface area (Å²) in [5.41, 5.74) is 7.04. The fourth-order valence-electron chi connectivity index (χ4n) is 1.59. The van der Waals surface area contributed by atoms with Crippen LogP contribution in [0.25, 0.3) is 0 Å². The molecule has 4 N–H and O–H groups in total. The molecular formula is C12H10ClN7S. The first kappa shape index (κ1) is 13.5. The van der Waals surface area contributed by atoms with Crippen molar-refractivity contribution in [1.29, 1.82) is 0 Å². The van der Waals surface area contributed by atoms with E-state index < -0.39 is 0 Å². The second kappa shape index (κ2) is 5.90. The molecule has 3 aromatic rings. The predicted molar refractivity (Wildman–Crippen MR) is 84.4 cm³/mol. The molecule has 0 saturated carbocycles. The van der Waals surface area contributed by atoms with Crippen LogP contribution in [0.3, 0.4) is 0 Å². The van der Waals surface area contributed by atoms with Crippen LogP contribution in [0, 0.1) is 0 Å². The molecule has 3 heterocycles. The highest BCUT2D eigenvalue weighted by atomic mass is 35.5. The van der Waals surface area contributed by atoms with E-state index >= 15 is 0 Å². The molecule has 0 unspecified atom stereocenters. The number of rotatable bonds is 4. The van der Waals surface area contributed by atoms with Crippen molar-refractivity contribution in [2.24, 2.45) is 0 Å². The number of hydrogen-bond donors (Lipinski definition) is 3. The summed E-state index contributed by atoms with van der Waals surface area (Å²) in [5.74, 6) is 0.918. The second-order valence-corrected chi connectivity index (χ2v) is 5.17. The number of thiazole rings is 1. The van der Waals surface area contributed by atoms with Crippen molar-refractivity contribution in [3.8, 4) is 0 Å². The molecule has 7 nitrogen and oxygen atoms in total. The summed E-state index contributed by atoms with van der Waals surface area (Å²) in [6.45, 7) is 0. The van der Waals surface area contributed by atoms with Gasteiger partial charge in [0.05, 0.1) is 5.69 Å². The van der Waals surface area contributed by atoms with E-state index in [-0.39, 0.29) is 0 Å².